The Morgan fingerprint density at radius 1 is 0.905 bits per heavy atom. The minimum Gasteiger partial charge on any atom is -0.460 e. The summed E-state index contributed by atoms with van der Waals surface area (Å²) < 4.78 is 15.8. The van der Waals surface area contributed by atoms with Gasteiger partial charge in [0.25, 0.3) is 0 Å². The second-order valence-corrected chi connectivity index (χ2v) is 11.4. The molecule has 1 aromatic carbocycles. The summed E-state index contributed by atoms with van der Waals surface area (Å²) in [5.74, 6) is -3.18. The van der Waals surface area contributed by atoms with Crippen molar-refractivity contribution in [3.63, 3.8) is 0 Å². The van der Waals surface area contributed by atoms with E-state index in [1.165, 1.54) is 6.08 Å². The first-order valence-electron chi connectivity index (χ1n) is 14.3. The van der Waals surface area contributed by atoms with Crippen LogP contribution in [0, 0.1) is 11.8 Å². The fourth-order valence-electron chi connectivity index (χ4n) is 3.77. The summed E-state index contributed by atoms with van der Waals surface area (Å²) >= 11 is 0. The third kappa shape index (κ3) is 13.6. The van der Waals surface area contributed by atoms with Crippen LogP contribution >= 0.6 is 0 Å². The Bertz CT molecular complexity index is 1050. The van der Waals surface area contributed by atoms with Crippen LogP contribution in [0.2, 0.25) is 0 Å². The second-order valence-electron chi connectivity index (χ2n) is 11.4. The topological polar surface area (TPSA) is 149 Å². The van der Waals surface area contributed by atoms with Gasteiger partial charge in [-0.05, 0) is 44.6 Å². The van der Waals surface area contributed by atoms with Crippen molar-refractivity contribution in [2.75, 3.05) is 6.61 Å². The van der Waals surface area contributed by atoms with Gasteiger partial charge < -0.3 is 30.2 Å². The molecule has 0 aromatic heterocycles. The maximum atomic E-state index is 13.4. The lowest BCUT2D eigenvalue weighted by Crippen LogP contribution is -2.57. The molecule has 1 rings (SSSR count). The normalized spacial score (nSPS) is 14.0. The molecule has 0 bridgehead atoms. The zero-order chi connectivity index (χ0) is 31.9. The molecule has 1 unspecified atom stereocenters. The van der Waals surface area contributed by atoms with Crippen molar-refractivity contribution < 1.29 is 38.2 Å². The van der Waals surface area contributed by atoms with Crippen LogP contribution in [0.5, 0.6) is 0 Å². The predicted molar refractivity (Wildman–Crippen MR) is 158 cm³/mol. The third-order valence-electron chi connectivity index (χ3n) is 6.23. The zero-order valence-electron chi connectivity index (χ0n) is 25.9. The number of amides is 3. The van der Waals surface area contributed by atoms with Crippen LogP contribution in [-0.4, -0.2) is 60.2 Å². The van der Waals surface area contributed by atoms with Crippen LogP contribution < -0.4 is 16.0 Å². The SMILES string of the molecule is C=CCOC(=O)[C@H](NC(=O)[C@H](CCC(=O)OC(C)(C)C)NC(=O)[C@@H](NC(=O)OCc1ccccc1)C(C)C)C(C)CC. The van der Waals surface area contributed by atoms with Crippen molar-refractivity contribution in [1.82, 2.24) is 16.0 Å². The molecule has 0 aliphatic carbocycles. The average molecular weight is 590 g/mol. The predicted octanol–water partition coefficient (Wildman–Crippen LogP) is 3.80. The van der Waals surface area contributed by atoms with E-state index in [4.69, 9.17) is 14.2 Å². The summed E-state index contributed by atoms with van der Waals surface area (Å²) in [6.45, 7) is 15.8. The van der Waals surface area contributed by atoms with Crippen LogP contribution in [0.15, 0.2) is 43.0 Å². The van der Waals surface area contributed by atoms with Crippen LogP contribution in [0.3, 0.4) is 0 Å². The van der Waals surface area contributed by atoms with Crippen molar-refractivity contribution in [2.24, 2.45) is 11.8 Å². The smallest absolute Gasteiger partial charge is 0.408 e. The molecule has 234 valence electrons. The monoisotopic (exact) mass is 589 g/mol. The molecule has 0 heterocycles. The van der Waals surface area contributed by atoms with Gasteiger partial charge in [-0.2, -0.15) is 0 Å². The minimum atomic E-state index is -1.22. The molecule has 11 heteroatoms. The van der Waals surface area contributed by atoms with E-state index in [2.05, 4.69) is 22.5 Å². The first kappa shape index (κ1) is 36.1. The number of alkyl carbamates (subject to hydrolysis) is 1. The van der Waals surface area contributed by atoms with E-state index in [0.717, 1.165) is 5.56 Å². The van der Waals surface area contributed by atoms with E-state index in [1.54, 1.807) is 53.7 Å². The van der Waals surface area contributed by atoms with E-state index in [9.17, 15) is 24.0 Å². The number of rotatable bonds is 16. The van der Waals surface area contributed by atoms with Crippen LogP contribution in [0.25, 0.3) is 0 Å². The Hall–Kier alpha value is -3.89. The number of ether oxygens (including phenoxy) is 3. The molecule has 4 atom stereocenters. The molecule has 3 amide bonds. The quantitative estimate of drug-likeness (QED) is 0.150. The number of carbonyl (C=O) groups excluding carboxylic acids is 5. The highest BCUT2D eigenvalue weighted by atomic mass is 16.6. The van der Waals surface area contributed by atoms with Gasteiger partial charge in [0.1, 0.15) is 36.9 Å². The van der Waals surface area contributed by atoms with Crippen molar-refractivity contribution in [2.45, 2.75) is 98.1 Å². The zero-order valence-corrected chi connectivity index (χ0v) is 25.9. The van der Waals surface area contributed by atoms with Crippen molar-refractivity contribution >= 4 is 29.8 Å². The maximum Gasteiger partial charge on any atom is 0.408 e. The fourth-order valence-corrected chi connectivity index (χ4v) is 3.77. The minimum absolute atomic E-state index is 0.0129. The summed E-state index contributed by atoms with van der Waals surface area (Å²) in [5, 5.41) is 7.87. The Morgan fingerprint density at radius 2 is 1.55 bits per heavy atom. The number of nitrogens with one attached hydrogen (secondary N) is 3. The number of benzene rings is 1. The molecule has 0 fully saturated rings. The fraction of sp³-hybridized carbons (Fsp3) is 0.581. The molecule has 0 spiro atoms. The third-order valence-corrected chi connectivity index (χ3v) is 6.23. The molecule has 0 radical (unpaired) electrons. The Labute approximate surface area is 249 Å². The maximum absolute atomic E-state index is 13.4. The molecular formula is C31H47N3O8. The van der Waals surface area contributed by atoms with Crippen molar-refractivity contribution in [3.8, 4) is 0 Å². The van der Waals surface area contributed by atoms with Gasteiger partial charge in [0.05, 0.1) is 0 Å². The first-order valence-corrected chi connectivity index (χ1v) is 14.3. The number of carbonyl (C=O) groups is 5. The van der Waals surface area contributed by atoms with Crippen LogP contribution in [0.1, 0.15) is 73.3 Å². The molecule has 0 aliphatic rings. The van der Waals surface area contributed by atoms with Gasteiger partial charge in [-0.15, -0.1) is 0 Å². The van der Waals surface area contributed by atoms with Crippen LogP contribution in [-0.2, 0) is 40.0 Å². The molecule has 11 nitrogen and oxygen atoms in total. The van der Waals surface area contributed by atoms with Crippen LogP contribution in [0.4, 0.5) is 4.79 Å². The second kappa shape index (κ2) is 17.8. The van der Waals surface area contributed by atoms with E-state index in [1.807, 2.05) is 25.1 Å². The van der Waals surface area contributed by atoms with E-state index < -0.39 is 53.6 Å². The molecular weight excluding hydrogens is 542 g/mol. The lowest BCUT2D eigenvalue weighted by molar-refractivity contribution is -0.155. The standard InChI is InChI=1S/C31H47N3O8/c1-9-18-40-29(38)26(21(5)10-2)33-27(36)23(16-17-24(35)42-31(6,7)8)32-28(37)25(20(3)4)34-30(39)41-19-22-14-12-11-13-15-22/h9,11-15,20-21,23,25-26H,1,10,16-19H2,2-8H3,(H,32,37)(H,33,36)(H,34,39)/t21?,23-,25-,26+/m0/s1. The van der Waals surface area contributed by atoms with Gasteiger partial charge in [0.2, 0.25) is 11.8 Å². The van der Waals surface area contributed by atoms with E-state index in [0.29, 0.717) is 6.42 Å². The van der Waals surface area contributed by atoms with Gasteiger partial charge in [-0.25, -0.2) is 9.59 Å². The highest BCUT2D eigenvalue weighted by Crippen LogP contribution is 2.14. The highest BCUT2D eigenvalue weighted by Gasteiger charge is 2.34. The molecule has 42 heavy (non-hydrogen) atoms. The van der Waals surface area contributed by atoms with Gasteiger partial charge >= 0.3 is 18.0 Å². The van der Waals surface area contributed by atoms with E-state index >= 15 is 0 Å². The molecule has 3 N–H and O–H groups in total. The van der Waals surface area contributed by atoms with E-state index in [-0.39, 0.29) is 37.9 Å². The summed E-state index contributed by atoms with van der Waals surface area (Å²) in [6.07, 6.45) is 0.896. The Kier molecular flexibility index (Phi) is 15.3. The Balaban J connectivity index is 3.08. The summed E-state index contributed by atoms with van der Waals surface area (Å²) in [7, 11) is 0. The summed E-state index contributed by atoms with van der Waals surface area (Å²) in [5.41, 5.74) is 0.0427. The molecule has 1 aromatic rings. The highest BCUT2D eigenvalue weighted by molar-refractivity contribution is 5.93. The molecule has 0 saturated heterocycles. The number of hydrogen-bond acceptors (Lipinski definition) is 8. The first-order chi connectivity index (χ1) is 19.7. The summed E-state index contributed by atoms with van der Waals surface area (Å²) in [6, 6.07) is 5.81. The largest absolute Gasteiger partial charge is 0.460 e. The average Bonchev–Trinajstić information content (AvgIpc) is 2.93. The van der Waals surface area contributed by atoms with Gasteiger partial charge in [0, 0.05) is 6.42 Å². The van der Waals surface area contributed by atoms with Crippen molar-refractivity contribution in [3.05, 3.63) is 48.6 Å². The molecule has 0 saturated carbocycles. The lowest BCUT2D eigenvalue weighted by atomic mass is 9.98. The number of esters is 2. The van der Waals surface area contributed by atoms with Gasteiger partial charge in [-0.3, -0.25) is 14.4 Å². The molecule has 0 aliphatic heterocycles. The Morgan fingerprint density at radius 3 is 2.10 bits per heavy atom. The lowest BCUT2D eigenvalue weighted by Gasteiger charge is -2.28. The van der Waals surface area contributed by atoms with Gasteiger partial charge in [0.15, 0.2) is 0 Å². The summed E-state index contributed by atoms with van der Waals surface area (Å²) in [4.78, 5) is 64.4. The number of hydrogen-bond donors (Lipinski definition) is 3. The van der Waals surface area contributed by atoms with Crippen molar-refractivity contribution in [1.29, 1.82) is 0 Å². The van der Waals surface area contributed by atoms with Gasteiger partial charge in [-0.1, -0.05) is 77.1 Å².